The zero-order valence-corrected chi connectivity index (χ0v) is 13.2. The topological polar surface area (TPSA) is 61.4 Å². The maximum absolute atomic E-state index is 11.8. The van der Waals surface area contributed by atoms with Gasteiger partial charge in [-0.05, 0) is 40.3 Å². The molecule has 0 spiro atoms. The first kappa shape index (κ1) is 15.8. The van der Waals surface area contributed by atoms with E-state index < -0.39 is 11.9 Å². The Morgan fingerprint density at radius 2 is 1.81 bits per heavy atom. The number of hydrogen-bond donors (Lipinski definition) is 3. The first-order valence-corrected chi connectivity index (χ1v) is 7.58. The molecule has 2 aromatic rings. The van der Waals surface area contributed by atoms with Gasteiger partial charge in [-0.3, -0.25) is 10.0 Å². The van der Waals surface area contributed by atoms with Crippen LogP contribution in [0.3, 0.4) is 0 Å². The van der Waals surface area contributed by atoms with E-state index in [1.54, 1.807) is 5.48 Å². The van der Waals surface area contributed by atoms with Gasteiger partial charge in [0.1, 0.15) is 6.04 Å². The van der Waals surface area contributed by atoms with Gasteiger partial charge in [0.05, 0.1) is 0 Å². The molecule has 3 N–H and O–H groups in total. The minimum Gasteiger partial charge on any atom is -0.289 e. The number of amides is 1. The predicted molar refractivity (Wildman–Crippen MR) is 86.1 cm³/mol. The standard InChI is InChI=1S/C16H20N2O2S/c1-16(2,3)14(15(19)17-20)18-21-13-9-8-11-6-4-5-7-12(11)10-13/h4-10,14,18,20H,1-3H3,(H,17,19)/t14-/m0/s1. The second-order valence-electron chi connectivity index (χ2n) is 6.00. The van der Waals surface area contributed by atoms with Crippen LogP contribution in [-0.4, -0.2) is 17.2 Å². The molecule has 2 aromatic carbocycles. The van der Waals surface area contributed by atoms with Gasteiger partial charge in [-0.15, -0.1) is 0 Å². The largest absolute Gasteiger partial charge is 0.289 e. The Kier molecular flexibility index (Phi) is 4.88. The van der Waals surface area contributed by atoms with Gasteiger partial charge in [-0.2, -0.15) is 0 Å². The average Bonchev–Trinajstić information content (AvgIpc) is 2.45. The Morgan fingerprint density at radius 3 is 2.43 bits per heavy atom. The lowest BCUT2D eigenvalue weighted by Crippen LogP contribution is -2.48. The fraction of sp³-hybridized carbons (Fsp3) is 0.312. The Bertz CT molecular complexity index is 637. The van der Waals surface area contributed by atoms with Gasteiger partial charge in [0.2, 0.25) is 0 Å². The van der Waals surface area contributed by atoms with Gasteiger partial charge in [-0.25, -0.2) is 10.2 Å². The van der Waals surface area contributed by atoms with Crippen molar-refractivity contribution in [2.75, 3.05) is 0 Å². The van der Waals surface area contributed by atoms with Crippen molar-refractivity contribution >= 4 is 28.6 Å². The molecule has 0 unspecified atom stereocenters. The summed E-state index contributed by atoms with van der Waals surface area (Å²) in [5.41, 5.74) is 1.41. The van der Waals surface area contributed by atoms with Crippen molar-refractivity contribution in [1.82, 2.24) is 10.2 Å². The van der Waals surface area contributed by atoms with E-state index in [0.717, 1.165) is 10.3 Å². The molecular formula is C16H20N2O2S. The summed E-state index contributed by atoms with van der Waals surface area (Å²) in [6, 6.07) is 13.8. The number of fused-ring (bicyclic) bond motifs is 1. The summed E-state index contributed by atoms with van der Waals surface area (Å²) in [6.07, 6.45) is 0. The lowest BCUT2D eigenvalue weighted by molar-refractivity contribution is -0.133. The third-order valence-corrected chi connectivity index (χ3v) is 4.10. The van der Waals surface area contributed by atoms with Crippen LogP contribution in [0.5, 0.6) is 0 Å². The van der Waals surface area contributed by atoms with E-state index in [4.69, 9.17) is 5.21 Å². The fourth-order valence-electron chi connectivity index (χ4n) is 2.05. The molecule has 0 fully saturated rings. The van der Waals surface area contributed by atoms with Crippen LogP contribution in [0.15, 0.2) is 47.4 Å². The van der Waals surface area contributed by atoms with Gasteiger partial charge in [0.15, 0.2) is 0 Å². The molecule has 5 heteroatoms. The van der Waals surface area contributed by atoms with Crippen molar-refractivity contribution in [3.63, 3.8) is 0 Å². The number of hydroxylamine groups is 1. The number of benzene rings is 2. The van der Waals surface area contributed by atoms with Crippen LogP contribution in [0.1, 0.15) is 20.8 Å². The summed E-state index contributed by atoms with van der Waals surface area (Å²) in [6.45, 7) is 5.84. The van der Waals surface area contributed by atoms with Gasteiger partial charge >= 0.3 is 0 Å². The highest BCUT2D eigenvalue weighted by Crippen LogP contribution is 2.26. The van der Waals surface area contributed by atoms with Crippen LogP contribution in [-0.2, 0) is 4.79 Å². The van der Waals surface area contributed by atoms with E-state index in [0.29, 0.717) is 0 Å². The number of carbonyl (C=O) groups excluding carboxylic acids is 1. The van der Waals surface area contributed by atoms with Gasteiger partial charge in [0.25, 0.3) is 5.91 Å². The van der Waals surface area contributed by atoms with Crippen LogP contribution >= 0.6 is 11.9 Å². The summed E-state index contributed by atoms with van der Waals surface area (Å²) >= 11 is 1.39. The van der Waals surface area contributed by atoms with E-state index in [9.17, 15) is 4.79 Å². The van der Waals surface area contributed by atoms with Crippen LogP contribution in [0.25, 0.3) is 10.8 Å². The van der Waals surface area contributed by atoms with E-state index in [2.05, 4.69) is 29.0 Å². The van der Waals surface area contributed by atoms with Crippen molar-refractivity contribution in [2.24, 2.45) is 5.41 Å². The van der Waals surface area contributed by atoms with E-state index in [1.807, 2.05) is 39.0 Å². The predicted octanol–water partition coefficient (Wildman–Crippen LogP) is 3.36. The molecule has 2 rings (SSSR count). The summed E-state index contributed by atoms with van der Waals surface area (Å²) in [4.78, 5) is 12.8. The number of rotatable bonds is 4. The lowest BCUT2D eigenvalue weighted by Gasteiger charge is -2.29. The van der Waals surface area contributed by atoms with Crippen LogP contribution in [0, 0.1) is 5.41 Å². The highest BCUT2D eigenvalue weighted by atomic mass is 32.2. The number of carbonyl (C=O) groups is 1. The van der Waals surface area contributed by atoms with Gasteiger partial charge in [-0.1, -0.05) is 51.1 Å². The Morgan fingerprint density at radius 1 is 1.14 bits per heavy atom. The maximum Gasteiger partial charge on any atom is 0.261 e. The molecule has 0 saturated heterocycles. The van der Waals surface area contributed by atoms with Crippen LogP contribution in [0.2, 0.25) is 0 Å². The van der Waals surface area contributed by atoms with E-state index >= 15 is 0 Å². The Labute approximate surface area is 129 Å². The first-order valence-electron chi connectivity index (χ1n) is 6.77. The van der Waals surface area contributed by atoms with Crippen molar-refractivity contribution < 1.29 is 10.0 Å². The summed E-state index contributed by atoms with van der Waals surface area (Å²) in [7, 11) is 0. The van der Waals surface area contributed by atoms with Gasteiger partial charge < -0.3 is 0 Å². The summed E-state index contributed by atoms with van der Waals surface area (Å²) < 4.78 is 3.14. The zero-order chi connectivity index (χ0) is 15.5. The molecule has 0 saturated carbocycles. The second-order valence-corrected chi connectivity index (χ2v) is 6.92. The molecule has 0 aliphatic rings. The molecule has 0 aliphatic heterocycles. The van der Waals surface area contributed by atoms with E-state index in [1.165, 1.54) is 17.3 Å². The Balaban J connectivity index is 2.13. The van der Waals surface area contributed by atoms with Crippen molar-refractivity contribution in [3.8, 4) is 0 Å². The Hall–Kier alpha value is -1.56. The number of nitrogens with one attached hydrogen (secondary N) is 2. The molecule has 1 atom stereocenters. The molecule has 21 heavy (non-hydrogen) atoms. The smallest absolute Gasteiger partial charge is 0.261 e. The lowest BCUT2D eigenvalue weighted by atomic mass is 9.87. The fourth-order valence-corrected chi connectivity index (χ4v) is 3.08. The quantitative estimate of drug-likeness (QED) is 0.460. The highest BCUT2D eigenvalue weighted by molar-refractivity contribution is 7.97. The van der Waals surface area contributed by atoms with Crippen molar-refractivity contribution in [1.29, 1.82) is 0 Å². The molecule has 112 valence electrons. The van der Waals surface area contributed by atoms with E-state index in [-0.39, 0.29) is 5.41 Å². The maximum atomic E-state index is 11.8. The minimum absolute atomic E-state index is 0.309. The normalized spacial score (nSPS) is 13.1. The highest BCUT2D eigenvalue weighted by Gasteiger charge is 2.31. The third-order valence-electron chi connectivity index (χ3n) is 3.25. The van der Waals surface area contributed by atoms with Crippen molar-refractivity contribution in [3.05, 3.63) is 42.5 Å². The third kappa shape index (κ3) is 3.97. The molecule has 0 aromatic heterocycles. The summed E-state index contributed by atoms with van der Waals surface area (Å²) in [5, 5.41) is 11.2. The monoisotopic (exact) mass is 304 g/mol. The zero-order valence-electron chi connectivity index (χ0n) is 12.4. The molecular weight excluding hydrogens is 284 g/mol. The first-order chi connectivity index (χ1) is 9.91. The molecule has 0 bridgehead atoms. The van der Waals surface area contributed by atoms with Crippen molar-refractivity contribution in [2.45, 2.75) is 31.7 Å². The molecule has 1 amide bonds. The minimum atomic E-state index is -0.501. The average molecular weight is 304 g/mol. The van der Waals surface area contributed by atoms with Gasteiger partial charge in [0, 0.05) is 4.90 Å². The molecule has 4 nitrogen and oxygen atoms in total. The van der Waals surface area contributed by atoms with Crippen LogP contribution in [0.4, 0.5) is 0 Å². The number of hydrogen-bond acceptors (Lipinski definition) is 4. The van der Waals surface area contributed by atoms with Crippen LogP contribution < -0.4 is 10.2 Å². The molecule has 0 radical (unpaired) electrons. The SMILES string of the molecule is CC(C)(C)[C@@H](NSc1ccc2ccccc2c1)C(=O)NO. The molecule has 0 heterocycles. The summed E-state index contributed by atoms with van der Waals surface area (Å²) in [5.74, 6) is -0.434. The molecule has 0 aliphatic carbocycles. The second kappa shape index (κ2) is 6.47.